The van der Waals surface area contributed by atoms with Crippen LogP contribution < -0.4 is 5.32 Å². The van der Waals surface area contributed by atoms with E-state index in [4.69, 9.17) is 0 Å². The second kappa shape index (κ2) is 5.65. The van der Waals surface area contributed by atoms with Gasteiger partial charge in [-0.3, -0.25) is 0 Å². The van der Waals surface area contributed by atoms with Gasteiger partial charge in [0.05, 0.1) is 6.61 Å². The second-order valence-corrected chi connectivity index (χ2v) is 5.43. The highest BCUT2D eigenvalue weighted by Gasteiger charge is 2.23. The van der Waals surface area contributed by atoms with Gasteiger partial charge in [0.1, 0.15) is 0 Å². The van der Waals surface area contributed by atoms with Crippen molar-refractivity contribution >= 4 is 0 Å². The third-order valence-electron chi connectivity index (χ3n) is 3.57. The Labute approximate surface area is 104 Å². The van der Waals surface area contributed by atoms with Crippen molar-refractivity contribution < 1.29 is 5.11 Å². The Bertz CT molecular complexity index is 358. The Hall–Kier alpha value is -0.860. The molecule has 0 spiro atoms. The van der Waals surface area contributed by atoms with Gasteiger partial charge in [-0.25, -0.2) is 0 Å². The van der Waals surface area contributed by atoms with Crippen LogP contribution in [0.2, 0.25) is 0 Å². The third kappa shape index (κ3) is 3.55. The first-order chi connectivity index (χ1) is 8.20. The van der Waals surface area contributed by atoms with Crippen LogP contribution in [0.4, 0.5) is 0 Å². The van der Waals surface area contributed by atoms with E-state index in [1.54, 1.807) is 0 Å². The SMILES string of the molecule is CC(C)C(CO)NCc1cccc(C2CC2)c1. The third-order valence-corrected chi connectivity index (χ3v) is 3.57. The summed E-state index contributed by atoms with van der Waals surface area (Å²) >= 11 is 0. The lowest BCUT2D eigenvalue weighted by Gasteiger charge is -2.20. The van der Waals surface area contributed by atoms with Gasteiger partial charge in [-0.1, -0.05) is 38.1 Å². The largest absolute Gasteiger partial charge is 0.395 e. The molecule has 2 nitrogen and oxygen atoms in total. The molecule has 0 amide bonds. The molecule has 1 atom stereocenters. The van der Waals surface area contributed by atoms with Crippen molar-refractivity contribution in [2.75, 3.05) is 6.61 Å². The summed E-state index contributed by atoms with van der Waals surface area (Å²) in [7, 11) is 0. The average molecular weight is 233 g/mol. The van der Waals surface area contributed by atoms with Crippen LogP contribution >= 0.6 is 0 Å². The smallest absolute Gasteiger partial charge is 0.0587 e. The maximum atomic E-state index is 9.26. The van der Waals surface area contributed by atoms with E-state index in [-0.39, 0.29) is 12.6 Å². The Kier molecular flexibility index (Phi) is 4.19. The van der Waals surface area contributed by atoms with Crippen molar-refractivity contribution in [1.82, 2.24) is 5.32 Å². The number of nitrogens with one attached hydrogen (secondary N) is 1. The summed E-state index contributed by atoms with van der Waals surface area (Å²) in [5.41, 5.74) is 2.81. The molecule has 0 radical (unpaired) electrons. The summed E-state index contributed by atoms with van der Waals surface area (Å²) in [6.07, 6.45) is 2.70. The molecule has 1 unspecified atom stereocenters. The van der Waals surface area contributed by atoms with Crippen LogP contribution in [0.1, 0.15) is 43.7 Å². The van der Waals surface area contributed by atoms with E-state index < -0.39 is 0 Å². The van der Waals surface area contributed by atoms with Gasteiger partial charge in [0.15, 0.2) is 0 Å². The maximum Gasteiger partial charge on any atom is 0.0587 e. The van der Waals surface area contributed by atoms with Crippen LogP contribution in [-0.4, -0.2) is 17.8 Å². The molecule has 2 heteroatoms. The highest BCUT2D eigenvalue weighted by molar-refractivity contribution is 5.29. The molecular formula is C15H23NO. The molecule has 1 aliphatic rings. The van der Waals surface area contributed by atoms with Crippen LogP contribution in [-0.2, 0) is 6.54 Å². The van der Waals surface area contributed by atoms with Gasteiger partial charge in [0, 0.05) is 12.6 Å². The Morgan fingerprint density at radius 1 is 1.35 bits per heavy atom. The highest BCUT2D eigenvalue weighted by atomic mass is 16.3. The summed E-state index contributed by atoms with van der Waals surface area (Å²) in [5, 5.41) is 12.7. The van der Waals surface area contributed by atoms with Crippen molar-refractivity contribution in [1.29, 1.82) is 0 Å². The minimum Gasteiger partial charge on any atom is -0.395 e. The summed E-state index contributed by atoms with van der Waals surface area (Å²) in [6.45, 7) is 5.33. The lowest BCUT2D eigenvalue weighted by atomic mass is 10.0. The first kappa shape index (κ1) is 12.6. The minimum atomic E-state index is 0.194. The first-order valence-corrected chi connectivity index (χ1v) is 6.63. The Morgan fingerprint density at radius 2 is 2.12 bits per heavy atom. The fourth-order valence-corrected chi connectivity index (χ4v) is 2.13. The Morgan fingerprint density at radius 3 is 2.71 bits per heavy atom. The molecule has 0 aliphatic heterocycles. The lowest BCUT2D eigenvalue weighted by molar-refractivity contribution is 0.210. The van der Waals surface area contributed by atoms with Gasteiger partial charge in [-0.05, 0) is 35.8 Å². The minimum absolute atomic E-state index is 0.194. The van der Waals surface area contributed by atoms with Crippen LogP contribution in [0.15, 0.2) is 24.3 Å². The fourth-order valence-electron chi connectivity index (χ4n) is 2.13. The predicted molar refractivity (Wildman–Crippen MR) is 71.0 cm³/mol. The van der Waals surface area contributed by atoms with E-state index in [1.165, 1.54) is 24.0 Å². The van der Waals surface area contributed by atoms with E-state index in [1.807, 2.05) is 0 Å². The van der Waals surface area contributed by atoms with Gasteiger partial charge < -0.3 is 10.4 Å². The standard InChI is InChI=1S/C15H23NO/c1-11(2)15(10-17)16-9-12-4-3-5-14(8-12)13-6-7-13/h3-5,8,11,13,15-17H,6-7,9-10H2,1-2H3. The van der Waals surface area contributed by atoms with Gasteiger partial charge in [-0.15, -0.1) is 0 Å². The summed E-state index contributed by atoms with van der Waals surface area (Å²) < 4.78 is 0. The molecule has 2 N–H and O–H groups in total. The number of aliphatic hydroxyl groups is 1. The van der Waals surface area contributed by atoms with Gasteiger partial charge in [0.2, 0.25) is 0 Å². The quantitative estimate of drug-likeness (QED) is 0.791. The zero-order valence-electron chi connectivity index (χ0n) is 10.8. The second-order valence-electron chi connectivity index (χ2n) is 5.43. The molecule has 2 rings (SSSR count). The molecule has 1 aromatic rings. The zero-order valence-corrected chi connectivity index (χ0v) is 10.8. The Balaban J connectivity index is 1.91. The van der Waals surface area contributed by atoms with Crippen molar-refractivity contribution in [2.24, 2.45) is 5.92 Å². The van der Waals surface area contributed by atoms with Crippen LogP contribution in [0, 0.1) is 5.92 Å². The number of aliphatic hydroxyl groups excluding tert-OH is 1. The average Bonchev–Trinajstić information content (AvgIpc) is 3.13. The van der Waals surface area contributed by atoms with Crippen molar-refractivity contribution in [2.45, 2.75) is 45.2 Å². The number of rotatable bonds is 6. The monoisotopic (exact) mass is 233 g/mol. The maximum absolute atomic E-state index is 9.26. The van der Waals surface area contributed by atoms with E-state index in [9.17, 15) is 5.11 Å². The molecule has 17 heavy (non-hydrogen) atoms. The predicted octanol–water partition coefficient (Wildman–Crippen LogP) is 2.67. The summed E-state index contributed by atoms with van der Waals surface area (Å²) in [4.78, 5) is 0. The van der Waals surface area contributed by atoms with Gasteiger partial charge in [0.25, 0.3) is 0 Å². The molecule has 1 aliphatic carbocycles. The number of hydrogen-bond donors (Lipinski definition) is 2. The highest BCUT2D eigenvalue weighted by Crippen LogP contribution is 2.40. The van der Waals surface area contributed by atoms with E-state index in [0.717, 1.165) is 12.5 Å². The molecular weight excluding hydrogens is 210 g/mol. The zero-order chi connectivity index (χ0) is 12.3. The van der Waals surface area contributed by atoms with Crippen molar-refractivity contribution in [3.8, 4) is 0 Å². The summed E-state index contributed by atoms with van der Waals surface area (Å²) in [5.74, 6) is 1.28. The van der Waals surface area contributed by atoms with Crippen LogP contribution in [0.3, 0.4) is 0 Å². The topological polar surface area (TPSA) is 32.3 Å². The van der Waals surface area contributed by atoms with E-state index in [2.05, 4.69) is 43.4 Å². The normalized spacial score (nSPS) is 17.4. The van der Waals surface area contributed by atoms with E-state index >= 15 is 0 Å². The molecule has 0 heterocycles. The first-order valence-electron chi connectivity index (χ1n) is 6.63. The molecule has 0 saturated heterocycles. The van der Waals surface area contributed by atoms with E-state index in [0.29, 0.717) is 5.92 Å². The van der Waals surface area contributed by atoms with Crippen molar-refractivity contribution in [3.63, 3.8) is 0 Å². The van der Waals surface area contributed by atoms with Crippen molar-refractivity contribution in [3.05, 3.63) is 35.4 Å². The molecule has 1 aromatic carbocycles. The van der Waals surface area contributed by atoms with Crippen LogP contribution in [0.5, 0.6) is 0 Å². The molecule has 0 aromatic heterocycles. The fraction of sp³-hybridized carbons (Fsp3) is 0.600. The lowest BCUT2D eigenvalue weighted by Crippen LogP contribution is -2.36. The van der Waals surface area contributed by atoms with Crippen LogP contribution in [0.25, 0.3) is 0 Å². The van der Waals surface area contributed by atoms with Gasteiger partial charge in [-0.2, -0.15) is 0 Å². The van der Waals surface area contributed by atoms with Gasteiger partial charge >= 0.3 is 0 Å². The molecule has 1 saturated carbocycles. The molecule has 0 bridgehead atoms. The summed E-state index contributed by atoms with van der Waals surface area (Å²) in [6, 6.07) is 9.04. The molecule has 1 fully saturated rings. The number of benzene rings is 1. The number of hydrogen-bond acceptors (Lipinski definition) is 2. The molecule has 94 valence electrons.